The Morgan fingerprint density at radius 1 is 1.48 bits per heavy atom. The zero-order valence-corrected chi connectivity index (χ0v) is 12.8. The Kier molecular flexibility index (Phi) is 4.71. The first-order valence-corrected chi connectivity index (χ1v) is 7.07. The molecule has 1 aromatic carbocycles. The third-order valence-electron chi connectivity index (χ3n) is 3.40. The van der Waals surface area contributed by atoms with Crippen LogP contribution < -0.4 is 5.32 Å². The van der Waals surface area contributed by atoms with Gasteiger partial charge in [0.05, 0.1) is 22.0 Å². The Morgan fingerprint density at radius 3 is 2.71 bits per heavy atom. The Hall–Kier alpha value is -1.77. The molecule has 1 aliphatic heterocycles. The second-order valence-electron chi connectivity index (χ2n) is 4.92. The van der Waals surface area contributed by atoms with Gasteiger partial charge in [-0.3, -0.25) is 9.59 Å². The lowest BCUT2D eigenvalue weighted by Crippen LogP contribution is -2.34. The molecule has 1 fully saturated rings. The summed E-state index contributed by atoms with van der Waals surface area (Å²) in [7, 11) is 1.65. The minimum absolute atomic E-state index is 0.0711. The molecule has 2 atom stereocenters. The minimum atomic E-state index is -0.826. The smallest absolute Gasteiger partial charge is 0.226 e. The number of rotatable bonds is 3. The molecule has 2 amide bonds. The van der Waals surface area contributed by atoms with Crippen molar-refractivity contribution in [3.8, 4) is 6.07 Å². The maximum atomic E-state index is 12.1. The van der Waals surface area contributed by atoms with Gasteiger partial charge in [0.2, 0.25) is 11.8 Å². The number of carbonyl (C=O) groups excluding carboxylic acids is 2. The van der Waals surface area contributed by atoms with Gasteiger partial charge in [-0.2, -0.15) is 5.26 Å². The molecule has 110 valence electrons. The minimum Gasteiger partial charge on any atom is -0.345 e. The topological polar surface area (TPSA) is 73.2 Å². The summed E-state index contributed by atoms with van der Waals surface area (Å²) in [6, 6.07) is 5.93. The standard InChI is InChI=1S/C14H13Cl2N3O2/c1-19-7-9(5-13(19)20)14(21)18-12(6-17)8-2-3-10(15)11(16)4-8/h2-4,9,12H,5,7H2,1H3,(H,18,21). The van der Waals surface area contributed by atoms with E-state index in [1.54, 1.807) is 25.2 Å². The first-order valence-electron chi connectivity index (χ1n) is 6.31. The molecule has 1 heterocycles. The van der Waals surface area contributed by atoms with E-state index in [9.17, 15) is 14.9 Å². The van der Waals surface area contributed by atoms with E-state index in [1.165, 1.54) is 4.90 Å². The van der Waals surface area contributed by atoms with Crippen molar-refractivity contribution in [2.45, 2.75) is 12.5 Å². The predicted octanol–water partition coefficient (Wildman–Crippen LogP) is 2.15. The number of halogens is 2. The Bertz CT molecular complexity index is 627. The van der Waals surface area contributed by atoms with Gasteiger partial charge in [-0.15, -0.1) is 0 Å². The van der Waals surface area contributed by atoms with Crippen LogP contribution in [0.15, 0.2) is 18.2 Å². The Balaban J connectivity index is 2.09. The average molecular weight is 326 g/mol. The number of hydrogen-bond acceptors (Lipinski definition) is 3. The van der Waals surface area contributed by atoms with Crippen LogP contribution >= 0.6 is 23.2 Å². The maximum absolute atomic E-state index is 12.1. The van der Waals surface area contributed by atoms with E-state index in [1.807, 2.05) is 6.07 Å². The van der Waals surface area contributed by atoms with Gasteiger partial charge in [-0.25, -0.2) is 0 Å². The van der Waals surface area contributed by atoms with E-state index >= 15 is 0 Å². The number of nitriles is 1. The maximum Gasteiger partial charge on any atom is 0.226 e. The predicted molar refractivity (Wildman–Crippen MR) is 78.7 cm³/mol. The summed E-state index contributed by atoms with van der Waals surface area (Å²) in [5, 5.41) is 12.5. The Morgan fingerprint density at radius 2 is 2.19 bits per heavy atom. The van der Waals surface area contributed by atoms with Crippen molar-refractivity contribution in [1.29, 1.82) is 5.26 Å². The molecule has 0 saturated carbocycles. The lowest BCUT2D eigenvalue weighted by atomic mass is 10.0. The van der Waals surface area contributed by atoms with Crippen LogP contribution in [-0.4, -0.2) is 30.3 Å². The first kappa shape index (κ1) is 15.6. The number of benzene rings is 1. The monoisotopic (exact) mass is 325 g/mol. The van der Waals surface area contributed by atoms with Crippen molar-refractivity contribution in [2.75, 3.05) is 13.6 Å². The van der Waals surface area contributed by atoms with E-state index in [4.69, 9.17) is 23.2 Å². The van der Waals surface area contributed by atoms with Crippen LogP contribution in [0.25, 0.3) is 0 Å². The lowest BCUT2D eigenvalue weighted by Gasteiger charge is -2.15. The molecule has 0 bridgehead atoms. The molecule has 0 aromatic heterocycles. The molecule has 0 spiro atoms. The third-order valence-corrected chi connectivity index (χ3v) is 4.14. The molecule has 0 aliphatic carbocycles. The van der Waals surface area contributed by atoms with Gasteiger partial charge in [0.25, 0.3) is 0 Å². The van der Waals surface area contributed by atoms with Crippen molar-refractivity contribution in [3.63, 3.8) is 0 Å². The first-order chi connectivity index (χ1) is 9.92. The SMILES string of the molecule is CN1CC(C(=O)NC(C#N)c2ccc(Cl)c(Cl)c2)CC1=O. The molecule has 2 rings (SSSR count). The van der Waals surface area contributed by atoms with Crippen LogP contribution in [0, 0.1) is 17.2 Å². The Labute approximate surface area is 132 Å². The van der Waals surface area contributed by atoms with Crippen LogP contribution in [0.1, 0.15) is 18.0 Å². The van der Waals surface area contributed by atoms with Crippen LogP contribution in [-0.2, 0) is 9.59 Å². The zero-order chi connectivity index (χ0) is 15.6. The fraction of sp³-hybridized carbons (Fsp3) is 0.357. The second kappa shape index (κ2) is 6.33. The van der Waals surface area contributed by atoms with E-state index in [0.29, 0.717) is 22.2 Å². The summed E-state index contributed by atoms with van der Waals surface area (Å²) in [5.74, 6) is -0.815. The molecular weight excluding hydrogens is 313 g/mol. The van der Waals surface area contributed by atoms with Gasteiger partial charge in [0, 0.05) is 20.0 Å². The van der Waals surface area contributed by atoms with Crippen molar-refractivity contribution >= 4 is 35.0 Å². The number of hydrogen-bond donors (Lipinski definition) is 1. The molecule has 2 unspecified atom stereocenters. The molecule has 7 heteroatoms. The van der Waals surface area contributed by atoms with E-state index < -0.39 is 12.0 Å². The van der Waals surface area contributed by atoms with Crippen molar-refractivity contribution in [3.05, 3.63) is 33.8 Å². The van der Waals surface area contributed by atoms with Crippen LogP contribution in [0.5, 0.6) is 0 Å². The summed E-state index contributed by atoms with van der Waals surface area (Å²) >= 11 is 11.7. The molecule has 1 aliphatic rings. The van der Waals surface area contributed by atoms with Crippen molar-refractivity contribution in [2.24, 2.45) is 5.92 Å². The normalized spacial score (nSPS) is 19.2. The number of nitrogens with one attached hydrogen (secondary N) is 1. The van der Waals surface area contributed by atoms with Crippen LogP contribution in [0.4, 0.5) is 0 Å². The van der Waals surface area contributed by atoms with Crippen LogP contribution in [0.2, 0.25) is 10.0 Å². The number of amides is 2. The number of carbonyl (C=O) groups is 2. The van der Waals surface area contributed by atoms with Crippen molar-refractivity contribution in [1.82, 2.24) is 10.2 Å². The molecular formula is C14H13Cl2N3O2. The summed E-state index contributed by atoms with van der Waals surface area (Å²) in [6.45, 7) is 0.365. The van der Waals surface area contributed by atoms with Gasteiger partial charge in [-0.1, -0.05) is 29.3 Å². The quantitative estimate of drug-likeness (QED) is 0.925. The fourth-order valence-electron chi connectivity index (χ4n) is 2.18. The van der Waals surface area contributed by atoms with Gasteiger partial charge in [0.15, 0.2) is 0 Å². The van der Waals surface area contributed by atoms with Gasteiger partial charge in [-0.05, 0) is 17.7 Å². The van der Waals surface area contributed by atoms with E-state index in [-0.39, 0.29) is 18.2 Å². The zero-order valence-electron chi connectivity index (χ0n) is 11.3. The highest BCUT2D eigenvalue weighted by Crippen LogP contribution is 2.26. The fourth-order valence-corrected chi connectivity index (χ4v) is 2.49. The van der Waals surface area contributed by atoms with E-state index in [2.05, 4.69) is 5.32 Å². The lowest BCUT2D eigenvalue weighted by molar-refractivity contribution is -0.128. The second-order valence-corrected chi connectivity index (χ2v) is 5.73. The summed E-state index contributed by atoms with van der Waals surface area (Å²) < 4.78 is 0. The summed E-state index contributed by atoms with van der Waals surface area (Å²) in [4.78, 5) is 25.1. The largest absolute Gasteiger partial charge is 0.345 e. The number of likely N-dealkylation sites (tertiary alicyclic amines) is 1. The van der Waals surface area contributed by atoms with Crippen molar-refractivity contribution < 1.29 is 9.59 Å². The van der Waals surface area contributed by atoms with Gasteiger partial charge >= 0.3 is 0 Å². The summed E-state index contributed by atoms with van der Waals surface area (Å²) in [5.41, 5.74) is 0.554. The number of nitrogens with zero attached hydrogens (tertiary/aromatic N) is 2. The summed E-state index contributed by atoms with van der Waals surface area (Å²) in [6.07, 6.45) is 0.169. The van der Waals surface area contributed by atoms with E-state index in [0.717, 1.165) is 0 Å². The highest BCUT2D eigenvalue weighted by molar-refractivity contribution is 6.42. The highest BCUT2D eigenvalue weighted by atomic mass is 35.5. The molecule has 1 aromatic rings. The van der Waals surface area contributed by atoms with Gasteiger partial charge < -0.3 is 10.2 Å². The molecule has 1 saturated heterocycles. The molecule has 1 N–H and O–H groups in total. The molecule has 5 nitrogen and oxygen atoms in total. The third kappa shape index (κ3) is 3.46. The molecule has 21 heavy (non-hydrogen) atoms. The molecule has 0 radical (unpaired) electrons. The average Bonchev–Trinajstić information content (AvgIpc) is 2.79. The highest BCUT2D eigenvalue weighted by Gasteiger charge is 2.33. The van der Waals surface area contributed by atoms with Gasteiger partial charge in [0.1, 0.15) is 6.04 Å². The van der Waals surface area contributed by atoms with Crippen LogP contribution in [0.3, 0.4) is 0 Å².